The number of nitrogens with two attached hydrogens (primary N) is 1. The summed E-state index contributed by atoms with van der Waals surface area (Å²) in [5, 5.41) is 0.599. The predicted molar refractivity (Wildman–Crippen MR) is 86.3 cm³/mol. The van der Waals surface area contributed by atoms with E-state index in [1.807, 2.05) is 12.1 Å². The first-order valence-corrected chi connectivity index (χ1v) is 7.88. The maximum Gasteiger partial charge on any atom is 0.179 e. The van der Waals surface area contributed by atoms with Crippen molar-refractivity contribution in [1.29, 1.82) is 0 Å². The van der Waals surface area contributed by atoms with Gasteiger partial charge in [-0.3, -0.25) is 4.90 Å². The summed E-state index contributed by atoms with van der Waals surface area (Å²) in [6.07, 6.45) is 2.65. The van der Waals surface area contributed by atoms with Gasteiger partial charge in [-0.25, -0.2) is 0 Å². The van der Waals surface area contributed by atoms with E-state index in [4.69, 9.17) is 26.8 Å². The minimum Gasteiger partial charge on any atom is -0.493 e. The van der Waals surface area contributed by atoms with Crippen molar-refractivity contribution in [3.05, 3.63) is 22.7 Å². The number of rotatable bonds is 8. The molecule has 1 fully saturated rings. The smallest absolute Gasteiger partial charge is 0.179 e. The number of hydrogen-bond acceptors (Lipinski definition) is 4. The summed E-state index contributed by atoms with van der Waals surface area (Å²) in [6, 6.07) is 4.01. The maximum absolute atomic E-state index is 6.53. The first kappa shape index (κ1) is 16.4. The summed E-state index contributed by atoms with van der Waals surface area (Å²) in [7, 11) is 3.21. The molecule has 1 atom stereocenters. The molecule has 0 spiro atoms. The molecule has 21 heavy (non-hydrogen) atoms. The summed E-state index contributed by atoms with van der Waals surface area (Å²) in [5.41, 5.74) is 7.05. The number of halogens is 1. The number of ether oxygens (including phenoxy) is 2. The van der Waals surface area contributed by atoms with Gasteiger partial charge in [0.05, 0.1) is 19.2 Å². The molecule has 0 heterocycles. The van der Waals surface area contributed by atoms with E-state index in [1.165, 1.54) is 12.8 Å². The monoisotopic (exact) mass is 312 g/mol. The van der Waals surface area contributed by atoms with Crippen molar-refractivity contribution in [2.45, 2.75) is 25.8 Å². The molecule has 0 bridgehead atoms. The molecule has 1 aromatic carbocycles. The lowest BCUT2D eigenvalue weighted by Gasteiger charge is -2.31. The maximum atomic E-state index is 6.53. The summed E-state index contributed by atoms with van der Waals surface area (Å²) >= 11 is 6.53. The predicted octanol–water partition coefficient (Wildman–Crippen LogP) is 3.09. The summed E-state index contributed by atoms with van der Waals surface area (Å²) in [5.74, 6) is 2.04. The van der Waals surface area contributed by atoms with Crippen LogP contribution < -0.4 is 15.2 Å². The van der Waals surface area contributed by atoms with E-state index in [1.54, 1.807) is 14.2 Å². The molecule has 1 unspecified atom stereocenters. The summed E-state index contributed by atoms with van der Waals surface area (Å²) in [4.78, 5) is 2.41. The fraction of sp³-hybridized carbons (Fsp3) is 0.625. The summed E-state index contributed by atoms with van der Waals surface area (Å²) < 4.78 is 10.7. The van der Waals surface area contributed by atoms with Gasteiger partial charge in [0.15, 0.2) is 11.5 Å². The number of nitrogens with zero attached hydrogens (tertiary/aromatic N) is 1. The van der Waals surface area contributed by atoms with E-state index in [2.05, 4.69) is 11.8 Å². The lowest BCUT2D eigenvalue weighted by Crippen LogP contribution is -2.35. The van der Waals surface area contributed by atoms with Crippen LogP contribution in [0.25, 0.3) is 0 Å². The number of methoxy groups -OCH3 is 2. The van der Waals surface area contributed by atoms with E-state index < -0.39 is 0 Å². The molecule has 1 aliphatic carbocycles. The average molecular weight is 313 g/mol. The Labute approximate surface area is 132 Å². The molecule has 4 nitrogen and oxygen atoms in total. The number of hydrogen-bond donors (Lipinski definition) is 1. The second-order valence-corrected chi connectivity index (χ2v) is 5.86. The van der Waals surface area contributed by atoms with Crippen molar-refractivity contribution < 1.29 is 9.47 Å². The Morgan fingerprint density at radius 1 is 1.33 bits per heavy atom. The third-order valence-electron chi connectivity index (χ3n) is 4.13. The van der Waals surface area contributed by atoms with Gasteiger partial charge in [-0.05, 0) is 36.9 Å². The van der Waals surface area contributed by atoms with Crippen LogP contribution in [-0.4, -0.2) is 38.8 Å². The molecule has 0 radical (unpaired) electrons. The third kappa shape index (κ3) is 3.62. The molecule has 5 heteroatoms. The molecule has 1 aromatic rings. The van der Waals surface area contributed by atoms with Crippen LogP contribution in [0.2, 0.25) is 5.02 Å². The van der Waals surface area contributed by atoms with Crippen molar-refractivity contribution in [1.82, 2.24) is 4.90 Å². The molecule has 1 aliphatic rings. The Balaban J connectivity index is 2.31. The van der Waals surface area contributed by atoms with Gasteiger partial charge in [0.1, 0.15) is 0 Å². The second kappa shape index (κ2) is 7.34. The SMILES string of the molecule is CCN(CC1CC1)C(CN)c1ccc(OC)c(OC)c1Cl. The molecule has 0 aromatic heterocycles. The van der Waals surface area contributed by atoms with E-state index in [-0.39, 0.29) is 6.04 Å². The Kier molecular flexibility index (Phi) is 5.73. The van der Waals surface area contributed by atoms with Crippen molar-refractivity contribution in [2.24, 2.45) is 11.7 Å². The molecule has 2 N–H and O–H groups in total. The lowest BCUT2D eigenvalue weighted by atomic mass is 10.0. The van der Waals surface area contributed by atoms with Crippen LogP contribution in [0.15, 0.2) is 12.1 Å². The van der Waals surface area contributed by atoms with Crippen LogP contribution in [0.1, 0.15) is 31.4 Å². The van der Waals surface area contributed by atoms with Crippen LogP contribution in [0.5, 0.6) is 11.5 Å². The molecule has 1 saturated carbocycles. The fourth-order valence-corrected chi connectivity index (χ4v) is 3.10. The van der Waals surface area contributed by atoms with Crippen LogP contribution in [0.4, 0.5) is 0 Å². The Hall–Kier alpha value is -0.970. The molecule has 0 saturated heterocycles. The van der Waals surface area contributed by atoms with Crippen molar-refractivity contribution in [3.8, 4) is 11.5 Å². The largest absolute Gasteiger partial charge is 0.493 e. The highest BCUT2D eigenvalue weighted by atomic mass is 35.5. The second-order valence-electron chi connectivity index (χ2n) is 5.49. The highest BCUT2D eigenvalue weighted by Crippen LogP contribution is 2.41. The molecular formula is C16H25ClN2O2. The van der Waals surface area contributed by atoms with Gasteiger partial charge >= 0.3 is 0 Å². The first-order valence-electron chi connectivity index (χ1n) is 7.50. The molecule has 0 amide bonds. The Bertz CT molecular complexity index is 478. The highest BCUT2D eigenvalue weighted by Gasteiger charge is 2.29. The van der Waals surface area contributed by atoms with E-state index in [9.17, 15) is 0 Å². The minimum absolute atomic E-state index is 0.114. The topological polar surface area (TPSA) is 47.7 Å². The molecule has 118 valence electrons. The van der Waals surface area contributed by atoms with Crippen molar-refractivity contribution >= 4 is 11.6 Å². The van der Waals surface area contributed by atoms with Gasteiger partial charge in [-0.15, -0.1) is 0 Å². The highest BCUT2D eigenvalue weighted by molar-refractivity contribution is 6.33. The zero-order chi connectivity index (χ0) is 15.4. The van der Waals surface area contributed by atoms with Crippen LogP contribution in [0.3, 0.4) is 0 Å². The third-order valence-corrected chi connectivity index (χ3v) is 4.52. The van der Waals surface area contributed by atoms with Crippen LogP contribution in [-0.2, 0) is 0 Å². The summed E-state index contributed by atoms with van der Waals surface area (Å²) in [6.45, 7) is 4.75. The van der Waals surface area contributed by atoms with Crippen LogP contribution >= 0.6 is 11.6 Å². The average Bonchev–Trinajstić information content (AvgIpc) is 3.31. The van der Waals surface area contributed by atoms with Crippen molar-refractivity contribution in [2.75, 3.05) is 33.9 Å². The molecular weight excluding hydrogens is 288 g/mol. The van der Waals surface area contributed by atoms with E-state index >= 15 is 0 Å². The van der Waals surface area contributed by atoms with Gasteiger partial charge in [0.2, 0.25) is 0 Å². The minimum atomic E-state index is 0.114. The Morgan fingerprint density at radius 2 is 2.05 bits per heavy atom. The fourth-order valence-electron chi connectivity index (χ4n) is 2.74. The number of benzene rings is 1. The van der Waals surface area contributed by atoms with Gasteiger partial charge in [0, 0.05) is 19.1 Å². The zero-order valence-electron chi connectivity index (χ0n) is 13.1. The quantitative estimate of drug-likeness (QED) is 0.801. The van der Waals surface area contributed by atoms with E-state index in [0.717, 1.165) is 24.6 Å². The van der Waals surface area contributed by atoms with Gasteiger partial charge in [0.25, 0.3) is 0 Å². The van der Waals surface area contributed by atoms with E-state index in [0.29, 0.717) is 23.1 Å². The van der Waals surface area contributed by atoms with Crippen molar-refractivity contribution in [3.63, 3.8) is 0 Å². The molecule has 0 aliphatic heterocycles. The number of likely N-dealkylation sites (N-methyl/N-ethyl adjacent to an activating group) is 1. The van der Waals surface area contributed by atoms with Gasteiger partial charge in [-0.2, -0.15) is 0 Å². The van der Waals surface area contributed by atoms with Crippen LogP contribution in [0, 0.1) is 5.92 Å². The Morgan fingerprint density at radius 3 is 2.52 bits per heavy atom. The van der Waals surface area contributed by atoms with Gasteiger partial charge < -0.3 is 15.2 Å². The lowest BCUT2D eigenvalue weighted by molar-refractivity contribution is 0.203. The molecule has 2 rings (SSSR count). The first-order chi connectivity index (χ1) is 10.2. The normalized spacial score (nSPS) is 16.1. The zero-order valence-corrected chi connectivity index (χ0v) is 13.8. The van der Waals surface area contributed by atoms with Gasteiger partial charge in [-0.1, -0.05) is 24.6 Å². The standard InChI is InChI=1S/C16H25ClN2O2/c1-4-19(10-11-5-6-11)13(9-18)12-7-8-14(20-2)16(21-3)15(12)17/h7-8,11,13H,4-6,9-10,18H2,1-3H3.